The molecule has 0 saturated heterocycles. The van der Waals surface area contributed by atoms with Crippen molar-refractivity contribution in [3.63, 3.8) is 0 Å². The first-order valence-electron chi connectivity index (χ1n) is 8.19. The second kappa shape index (κ2) is 7.73. The molecular formula is C19H12F6N2O3. The van der Waals surface area contributed by atoms with Crippen molar-refractivity contribution in [1.29, 1.82) is 0 Å². The lowest BCUT2D eigenvalue weighted by Crippen LogP contribution is -2.16. The molecule has 30 heavy (non-hydrogen) atoms. The van der Waals surface area contributed by atoms with Crippen LogP contribution in [-0.2, 0) is 15.7 Å². The molecule has 2 heterocycles. The van der Waals surface area contributed by atoms with Crippen LogP contribution in [0.1, 0.15) is 11.5 Å². The minimum atomic E-state index is -4.85. The van der Waals surface area contributed by atoms with Crippen LogP contribution in [0.3, 0.4) is 0 Å². The van der Waals surface area contributed by atoms with E-state index in [0.29, 0.717) is 11.1 Å². The van der Waals surface area contributed by atoms with Gasteiger partial charge in [-0.2, -0.15) is 13.2 Å². The molecule has 0 aliphatic carbocycles. The van der Waals surface area contributed by atoms with Gasteiger partial charge in [-0.25, -0.2) is 9.78 Å². The quantitative estimate of drug-likeness (QED) is 0.328. The molecule has 0 spiro atoms. The smallest absolute Gasteiger partial charge is 0.466 e. The Balaban J connectivity index is 2.04. The zero-order chi connectivity index (χ0) is 22.1. The molecule has 158 valence electrons. The van der Waals surface area contributed by atoms with E-state index in [1.54, 1.807) is 0 Å². The third-order valence-electron chi connectivity index (χ3n) is 3.92. The first kappa shape index (κ1) is 21.2. The van der Waals surface area contributed by atoms with Gasteiger partial charge in [-0.05, 0) is 35.4 Å². The van der Waals surface area contributed by atoms with Crippen molar-refractivity contribution in [1.82, 2.24) is 9.38 Å². The highest BCUT2D eigenvalue weighted by molar-refractivity contribution is 5.88. The number of hydrogen-bond acceptors (Lipinski definition) is 4. The molecule has 2 aromatic heterocycles. The van der Waals surface area contributed by atoms with E-state index in [1.165, 1.54) is 24.3 Å². The highest BCUT2D eigenvalue weighted by atomic mass is 19.4. The van der Waals surface area contributed by atoms with Crippen molar-refractivity contribution in [2.75, 3.05) is 7.11 Å². The minimum Gasteiger partial charge on any atom is -0.466 e. The predicted molar refractivity (Wildman–Crippen MR) is 93.4 cm³/mol. The van der Waals surface area contributed by atoms with Gasteiger partial charge in [0.25, 0.3) is 0 Å². The number of pyridine rings is 1. The summed E-state index contributed by atoms with van der Waals surface area (Å²) in [5.41, 5.74) is 0.629. The van der Waals surface area contributed by atoms with Gasteiger partial charge < -0.3 is 9.47 Å². The second-order valence-corrected chi connectivity index (χ2v) is 5.92. The molecule has 0 amide bonds. The highest BCUT2D eigenvalue weighted by Gasteiger charge is 2.37. The SMILES string of the molecule is COC(=O)/C=C/c1nc(C(F)(F)F)n2cc(-c3ccc(OC(F)(F)F)cc3)ccc12. The summed E-state index contributed by atoms with van der Waals surface area (Å²) >= 11 is 0. The number of imidazole rings is 1. The van der Waals surface area contributed by atoms with Gasteiger partial charge in [-0.3, -0.25) is 4.40 Å². The molecule has 0 aliphatic rings. The summed E-state index contributed by atoms with van der Waals surface area (Å²) in [6.07, 6.45) is -6.45. The van der Waals surface area contributed by atoms with Crippen LogP contribution >= 0.6 is 0 Å². The topological polar surface area (TPSA) is 52.8 Å². The lowest BCUT2D eigenvalue weighted by atomic mass is 10.1. The van der Waals surface area contributed by atoms with Crippen LogP contribution < -0.4 is 4.74 Å². The summed E-state index contributed by atoms with van der Waals surface area (Å²) in [5, 5.41) is 0. The van der Waals surface area contributed by atoms with Gasteiger partial charge in [0.2, 0.25) is 5.82 Å². The average Bonchev–Trinajstić information content (AvgIpc) is 3.03. The Hall–Kier alpha value is -3.50. The van der Waals surface area contributed by atoms with Gasteiger partial charge in [-0.1, -0.05) is 18.2 Å². The monoisotopic (exact) mass is 430 g/mol. The van der Waals surface area contributed by atoms with E-state index in [4.69, 9.17) is 0 Å². The molecule has 5 nitrogen and oxygen atoms in total. The van der Waals surface area contributed by atoms with Gasteiger partial charge in [-0.15, -0.1) is 13.2 Å². The molecule has 0 N–H and O–H groups in total. The fourth-order valence-electron chi connectivity index (χ4n) is 2.67. The van der Waals surface area contributed by atoms with Crippen LogP contribution in [0.25, 0.3) is 22.7 Å². The molecule has 0 fully saturated rings. The summed E-state index contributed by atoms with van der Waals surface area (Å²) in [6, 6.07) is 7.50. The molecule has 0 saturated carbocycles. The average molecular weight is 430 g/mol. The standard InChI is InChI=1S/C19H12F6N2O3/c1-29-16(28)9-7-14-15-8-4-12(10-27(15)17(26-14)18(20,21)22)11-2-5-13(6-3-11)30-19(23,24)25/h2-10H,1H3/b9-7+. The summed E-state index contributed by atoms with van der Waals surface area (Å²) in [7, 11) is 1.12. The van der Waals surface area contributed by atoms with Crippen LogP contribution in [0.5, 0.6) is 5.75 Å². The summed E-state index contributed by atoms with van der Waals surface area (Å²) in [6.45, 7) is 0. The van der Waals surface area contributed by atoms with Crippen LogP contribution in [0.15, 0.2) is 48.7 Å². The number of nitrogens with zero attached hydrogens (tertiary/aromatic N) is 2. The molecule has 0 aliphatic heterocycles. The number of carbonyl (C=O) groups excluding carboxylic acids is 1. The summed E-state index contributed by atoms with van der Waals surface area (Å²) < 4.78 is 86.0. The van der Waals surface area contributed by atoms with E-state index in [9.17, 15) is 31.1 Å². The van der Waals surface area contributed by atoms with Crippen molar-refractivity contribution in [3.05, 3.63) is 60.2 Å². The molecule has 1 aromatic carbocycles. The number of ether oxygens (including phenoxy) is 2. The number of fused-ring (bicyclic) bond motifs is 1. The molecule has 0 unspecified atom stereocenters. The number of carbonyl (C=O) groups is 1. The van der Waals surface area contributed by atoms with Crippen LogP contribution in [-0.4, -0.2) is 28.8 Å². The maximum absolute atomic E-state index is 13.4. The Morgan fingerprint density at radius 2 is 1.63 bits per heavy atom. The third-order valence-corrected chi connectivity index (χ3v) is 3.92. The van der Waals surface area contributed by atoms with Crippen LogP contribution in [0, 0.1) is 0 Å². The van der Waals surface area contributed by atoms with Crippen LogP contribution in [0.4, 0.5) is 26.3 Å². The maximum Gasteiger partial charge on any atom is 0.573 e. The third kappa shape index (κ3) is 4.73. The van der Waals surface area contributed by atoms with Gasteiger partial charge in [0.15, 0.2) is 0 Å². The fourth-order valence-corrected chi connectivity index (χ4v) is 2.67. The van der Waals surface area contributed by atoms with Gasteiger partial charge in [0.1, 0.15) is 5.75 Å². The molecule has 3 aromatic rings. The number of methoxy groups -OCH3 is 1. The lowest BCUT2D eigenvalue weighted by molar-refractivity contribution is -0.274. The van der Waals surface area contributed by atoms with Crippen molar-refractivity contribution in [3.8, 4) is 16.9 Å². The van der Waals surface area contributed by atoms with Crippen molar-refractivity contribution < 1.29 is 40.6 Å². The summed E-state index contributed by atoms with van der Waals surface area (Å²) in [4.78, 5) is 14.8. The normalized spacial score (nSPS) is 12.5. The van der Waals surface area contributed by atoms with E-state index in [-0.39, 0.29) is 11.2 Å². The zero-order valence-corrected chi connectivity index (χ0v) is 15.1. The largest absolute Gasteiger partial charge is 0.573 e. The first-order valence-corrected chi connectivity index (χ1v) is 8.19. The number of alkyl halides is 6. The number of esters is 1. The maximum atomic E-state index is 13.4. The number of aromatic nitrogens is 2. The highest BCUT2D eigenvalue weighted by Crippen LogP contribution is 2.33. The Bertz CT molecular complexity index is 1100. The van der Waals surface area contributed by atoms with Crippen molar-refractivity contribution in [2.45, 2.75) is 12.5 Å². The van der Waals surface area contributed by atoms with E-state index in [1.807, 2.05) is 0 Å². The predicted octanol–water partition coefficient (Wildman–Crippen LogP) is 5.10. The van der Waals surface area contributed by atoms with E-state index in [0.717, 1.165) is 42.0 Å². The van der Waals surface area contributed by atoms with Gasteiger partial charge >= 0.3 is 18.5 Å². The molecule has 3 rings (SSSR count). The van der Waals surface area contributed by atoms with Gasteiger partial charge in [0.05, 0.1) is 18.3 Å². The Morgan fingerprint density at radius 3 is 2.20 bits per heavy atom. The minimum absolute atomic E-state index is 0.0725. The molecular weight excluding hydrogens is 418 g/mol. The van der Waals surface area contributed by atoms with Crippen molar-refractivity contribution in [2.24, 2.45) is 0 Å². The number of halogens is 6. The van der Waals surface area contributed by atoms with Crippen LogP contribution in [0.2, 0.25) is 0 Å². The van der Waals surface area contributed by atoms with E-state index in [2.05, 4.69) is 14.5 Å². The molecule has 11 heteroatoms. The Labute approximate surface area is 165 Å². The van der Waals surface area contributed by atoms with Gasteiger partial charge in [0, 0.05) is 12.3 Å². The molecule has 0 radical (unpaired) electrons. The Morgan fingerprint density at radius 1 is 1.00 bits per heavy atom. The summed E-state index contributed by atoms with van der Waals surface area (Å²) in [5.74, 6) is -2.44. The fraction of sp³-hybridized carbons (Fsp3) is 0.158. The molecule has 0 bridgehead atoms. The second-order valence-electron chi connectivity index (χ2n) is 5.92. The number of hydrogen-bond donors (Lipinski definition) is 0. The van der Waals surface area contributed by atoms with Crippen molar-refractivity contribution >= 4 is 17.6 Å². The zero-order valence-electron chi connectivity index (χ0n) is 15.1. The molecule has 0 atom stereocenters. The lowest BCUT2D eigenvalue weighted by Gasteiger charge is -2.10. The number of benzene rings is 1. The van der Waals surface area contributed by atoms with E-state index >= 15 is 0 Å². The Kier molecular flexibility index (Phi) is 5.47. The first-order chi connectivity index (χ1) is 14.0. The van der Waals surface area contributed by atoms with E-state index < -0.39 is 30.1 Å². The number of rotatable bonds is 4.